The molecule has 0 bridgehead atoms. The van der Waals surface area contributed by atoms with Gasteiger partial charge in [0.2, 0.25) is 14.8 Å². The number of carbonyl (C=O) groups excluding carboxylic acids is 1. The molecule has 1 aromatic heterocycles. The van der Waals surface area contributed by atoms with Crippen LogP contribution in [0.3, 0.4) is 0 Å². The van der Waals surface area contributed by atoms with Crippen molar-refractivity contribution in [3.05, 3.63) is 59.4 Å². The van der Waals surface area contributed by atoms with Gasteiger partial charge in [-0.25, -0.2) is 12.8 Å². The molecular weight excluding hydrogens is 493 g/mol. The number of hydrogen-bond donors (Lipinski definition) is 1. The summed E-state index contributed by atoms with van der Waals surface area (Å²) in [7, 11) is -4.73. The van der Waals surface area contributed by atoms with Gasteiger partial charge in [-0.2, -0.15) is 26.3 Å². The van der Waals surface area contributed by atoms with E-state index in [1.807, 2.05) is 0 Å². The van der Waals surface area contributed by atoms with Gasteiger partial charge in [0.15, 0.2) is 0 Å². The molecular formula is C21H19F7N2O3S. The lowest BCUT2D eigenvalue weighted by atomic mass is 9.87. The number of carbonyl (C=O) groups is 1. The fraction of sp³-hybridized carbons (Fsp3) is 0.429. The maximum absolute atomic E-state index is 15.4. The summed E-state index contributed by atoms with van der Waals surface area (Å²) < 4.78 is 118. The average molecular weight is 512 g/mol. The van der Waals surface area contributed by atoms with Crippen molar-refractivity contribution in [2.45, 2.75) is 47.9 Å². The number of aromatic nitrogens is 1. The summed E-state index contributed by atoms with van der Waals surface area (Å²) in [6.45, 7) is -0.0395. The van der Waals surface area contributed by atoms with Crippen LogP contribution in [0.1, 0.15) is 47.3 Å². The Kier molecular flexibility index (Phi) is 6.98. The highest BCUT2D eigenvalue weighted by atomic mass is 32.2. The van der Waals surface area contributed by atoms with E-state index in [2.05, 4.69) is 10.3 Å². The number of hydrogen-bond acceptors (Lipinski definition) is 4. The van der Waals surface area contributed by atoms with E-state index in [-0.39, 0.29) is 30.9 Å². The second-order valence-corrected chi connectivity index (χ2v) is 10.2. The minimum atomic E-state index is -4.79. The summed E-state index contributed by atoms with van der Waals surface area (Å²) in [5.41, 5.74) is -2.72. The van der Waals surface area contributed by atoms with Crippen molar-refractivity contribution in [3.63, 3.8) is 0 Å². The molecule has 5 nitrogen and oxygen atoms in total. The van der Waals surface area contributed by atoms with Crippen molar-refractivity contribution in [1.29, 1.82) is 0 Å². The minimum Gasteiger partial charge on any atom is -0.352 e. The number of benzene rings is 1. The molecule has 0 atom stereocenters. The normalized spacial score (nSPS) is 21.8. The quantitative estimate of drug-likeness (QED) is 0.561. The first kappa shape index (κ1) is 25.9. The van der Waals surface area contributed by atoms with Crippen molar-refractivity contribution in [2.75, 3.05) is 6.54 Å². The Balaban J connectivity index is 1.63. The van der Waals surface area contributed by atoms with E-state index in [4.69, 9.17) is 0 Å². The van der Waals surface area contributed by atoms with Crippen LogP contribution in [-0.2, 0) is 22.2 Å². The summed E-state index contributed by atoms with van der Waals surface area (Å²) in [6, 6.07) is 4.56. The minimum absolute atomic E-state index is 0.000875. The zero-order valence-electron chi connectivity index (χ0n) is 17.4. The number of nitrogens with zero attached hydrogens (tertiary/aromatic N) is 1. The Labute approximate surface area is 190 Å². The van der Waals surface area contributed by atoms with Crippen LogP contribution < -0.4 is 5.32 Å². The molecule has 1 heterocycles. The zero-order chi connectivity index (χ0) is 25.4. The van der Waals surface area contributed by atoms with Gasteiger partial charge >= 0.3 is 12.4 Å². The number of pyridine rings is 1. The molecule has 1 aliphatic carbocycles. The van der Waals surface area contributed by atoms with E-state index >= 15 is 4.39 Å². The van der Waals surface area contributed by atoms with Crippen LogP contribution in [0.15, 0.2) is 47.5 Å². The molecule has 3 rings (SSSR count). The number of rotatable bonds is 5. The average Bonchev–Trinajstić information content (AvgIpc) is 2.77. The van der Waals surface area contributed by atoms with Crippen molar-refractivity contribution in [3.8, 4) is 0 Å². The predicted octanol–water partition coefficient (Wildman–Crippen LogP) is 5.18. The highest BCUT2D eigenvalue weighted by Gasteiger charge is 2.48. The lowest BCUT2D eigenvalue weighted by Gasteiger charge is -2.33. The molecule has 1 fully saturated rings. The number of amides is 1. The van der Waals surface area contributed by atoms with Gasteiger partial charge in [-0.05, 0) is 61.9 Å². The third-order valence-corrected chi connectivity index (χ3v) is 7.91. The van der Waals surface area contributed by atoms with Gasteiger partial charge in [-0.3, -0.25) is 9.78 Å². The maximum Gasteiger partial charge on any atom is 0.433 e. The van der Waals surface area contributed by atoms with E-state index in [0.29, 0.717) is 18.2 Å². The van der Waals surface area contributed by atoms with Gasteiger partial charge in [0.25, 0.3) is 5.91 Å². The summed E-state index contributed by atoms with van der Waals surface area (Å²) in [5.74, 6) is -1.17. The lowest BCUT2D eigenvalue weighted by Crippen LogP contribution is -2.40. The van der Waals surface area contributed by atoms with Crippen LogP contribution >= 0.6 is 0 Å². The van der Waals surface area contributed by atoms with Crippen molar-refractivity contribution >= 4 is 15.7 Å². The van der Waals surface area contributed by atoms with Gasteiger partial charge in [0.1, 0.15) is 5.69 Å². The molecule has 1 amide bonds. The number of alkyl halides is 7. The monoisotopic (exact) mass is 512 g/mol. The van der Waals surface area contributed by atoms with Crippen molar-refractivity contribution < 1.29 is 43.9 Å². The first-order valence-corrected chi connectivity index (χ1v) is 11.5. The third kappa shape index (κ3) is 5.50. The van der Waals surface area contributed by atoms with E-state index in [1.54, 1.807) is 0 Å². The number of halogens is 7. The third-order valence-electron chi connectivity index (χ3n) is 5.67. The van der Waals surface area contributed by atoms with Gasteiger partial charge in [-0.15, -0.1) is 0 Å². The SMILES string of the molecule is O=C(NCC1CCC(F)(S(=O)(=O)c2cccc(C(F)(F)F)c2)CC1)c1ccnc(C(F)(F)F)c1. The number of nitrogens with one attached hydrogen (secondary N) is 1. The van der Waals surface area contributed by atoms with Gasteiger partial charge in [-0.1, -0.05) is 6.07 Å². The van der Waals surface area contributed by atoms with Crippen LogP contribution in [0.4, 0.5) is 30.7 Å². The molecule has 0 spiro atoms. The molecule has 0 radical (unpaired) electrons. The molecule has 0 aliphatic heterocycles. The van der Waals surface area contributed by atoms with E-state index in [1.165, 1.54) is 0 Å². The van der Waals surface area contributed by atoms with Crippen LogP contribution in [0.2, 0.25) is 0 Å². The summed E-state index contributed by atoms with van der Waals surface area (Å²) >= 11 is 0. The molecule has 0 unspecified atom stereocenters. The summed E-state index contributed by atoms with van der Waals surface area (Å²) in [6.07, 6.45) is -9.68. The molecule has 1 saturated carbocycles. The Morgan fingerprint density at radius 2 is 1.68 bits per heavy atom. The van der Waals surface area contributed by atoms with Crippen LogP contribution in [0.25, 0.3) is 0 Å². The fourth-order valence-electron chi connectivity index (χ4n) is 3.70. The topological polar surface area (TPSA) is 76.1 Å². The van der Waals surface area contributed by atoms with Gasteiger partial charge in [0.05, 0.1) is 10.5 Å². The highest BCUT2D eigenvalue weighted by Crippen LogP contribution is 2.43. The molecule has 1 aliphatic rings. The fourth-order valence-corrected chi connectivity index (χ4v) is 5.43. The highest BCUT2D eigenvalue weighted by molar-refractivity contribution is 7.92. The second kappa shape index (κ2) is 9.16. The molecule has 2 aromatic rings. The standard InChI is InChI=1S/C21H19F7N2O3S/c22-19(34(32,33)16-3-1-2-15(11-16)20(23,24)25)7-4-13(5-8-19)12-30-18(31)14-6-9-29-17(10-14)21(26,27)28/h1-3,6,9-11,13H,4-5,7-8,12H2,(H,30,31). The first-order valence-electron chi connectivity index (χ1n) is 10.1. The van der Waals surface area contributed by atoms with Crippen LogP contribution in [-0.4, -0.2) is 30.9 Å². The summed E-state index contributed by atoms with van der Waals surface area (Å²) in [4.78, 5) is 14.6. The Morgan fingerprint density at radius 1 is 1.03 bits per heavy atom. The van der Waals surface area contributed by atoms with E-state index < -0.39 is 62.1 Å². The molecule has 186 valence electrons. The number of sulfone groups is 1. The van der Waals surface area contributed by atoms with Crippen molar-refractivity contribution in [2.24, 2.45) is 5.92 Å². The van der Waals surface area contributed by atoms with Crippen molar-refractivity contribution in [1.82, 2.24) is 10.3 Å². The van der Waals surface area contributed by atoms with Crippen LogP contribution in [0.5, 0.6) is 0 Å². The lowest BCUT2D eigenvalue weighted by molar-refractivity contribution is -0.141. The molecule has 34 heavy (non-hydrogen) atoms. The van der Waals surface area contributed by atoms with Crippen LogP contribution in [0, 0.1) is 5.92 Å². The largest absolute Gasteiger partial charge is 0.433 e. The van der Waals surface area contributed by atoms with Gasteiger partial charge in [0, 0.05) is 18.3 Å². The van der Waals surface area contributed by atoms with E-state index in [0.717, 1.165) is 24.4 Å². The molecule has 0 saturated heterocycles. The Hall–Kier alpha value is -2.70. The molecule has 1 aromatic carbocycles. The zero-order valence-corrected chi connectivity index (χ0v) is 18.2. The molecule has 1 N–H and O–H groups in total. The Bertz CT molecular complexity index is 1160. The molecule has 13 heteroatoms. The maximum atomic E-state index is 15.4. The first-order chi connectivity index (χ1) is 15.6. The second-order valence-electron chi connectivity index (χ2n) is 7.99. The predicted molar refractivity (Wildman–Crippen MR) is 106 cm³/mol. The van der Waals surface area contributed by atoms with Gasteiger partial charge < -0.3 is 5.32 Å². The Morgan fingerprint density at radius 3 is 2.26 bits per heavy atom. The smallest absolute Gasteiger partial charge is 0.352 e. The summed E-state index contributed by atoms with van der Waals surface area (Å²) in [5, 5.41) is -0.335. The van der Waals surface area contributed by atoms with E-state index in [9.17, 15) is 39.6 Å².